The smallest absolute Gasteiger partial charge is 0.255 e. The summed E-state index contributed by atoms with van der Waals surface area (Å²) >= 11 is 0. The van der Waals surface area contributed by atoms with E-state index in [9.17, 15) is 15.0 Å². The maximum atomic E-state index is 12.1. The van der Waals surface area contributed by atoms with Gasteiger partial charge in [0.1, 0.15) is 5.75 Å². The molecule has 0 spiro atoms. The van der Waals surface area contributed by atoms with Crippen LogP contribution in [0.15, 0.2) is 48.5 Å². The third-order valence-corrected chi connectivity index (χ3v) is 3.09. The van der Waals surface area contributed by atoms with E-state index in [0.29, 0.717) is 0 Å². The van der Waals surface area contributed by atoms with Crippen LogP contribution in [0.2, 0.25) is 0 Å². The number of rotatable bonds is 4. The molecular formula is C16H17NO3. The van der Waals surface area contributed by atoms with Crippen LogP contribution in [0.5, 0.6) is 5.75 Å². The van der Waals surface area contributed by atoms with E-state index in [1.165, 1.54) is 6.07 Å². The predicted octanol–water partition coefficient (Wildman–Crippen LogP) is 2.16. The van der Waals surface area contributed by atoms with Crippen LogP contribution in [-0.4, -0.2) is 22.7 Å². The molecular weight excluding hydrogens is 254 g/mol. The third-order valence-electron chi connectivity index (χ3n) is 3.09. The summed E-state index contributed by atoms with van der Waals surface area (Å²) in [5, 5.41) is 21.9. The highest BCUT2D eigenvalue weighted by atomic mass is 16.3. The number of benzene rings is 2. The van der Waals surface area contributed by atoms with Gasteiger partial charge in [0.25, 0.3) is 5.91 Å². The van der Waals surface area contributed by atoms with Gasteiger partial charge in [-0.25, -0.2) is 0 Å². The zero-order chi connectivity index (χ0) is 14.5. The number of phenolic OH excluding ortho intramolecular Hbond substituents is 1. The topological polar surface area (TPSA) is 69.6 Å². The van der Waals surface area contributed by atoms with Crippen molar-refractivity contribution in [1.29, 1.82) is 0 Å². The number of hydrogen-bond acceptors (Lipinski definition) is 3. The molecule has 4 nitrogen and oxygen atoms in total. The molecule has 1 atom stereocenters. The molecule has 1 amide bonds. The summed E-state index contributed by atoms with van der Waals surface area (Å²) in [5.41, 5.74) is 1.89. The van der Waals surface area contributed by atoms with Gasteiger partial charge in [-0.15, -0.1) is 0 Å². The van der Waals surface area contributed by atoms with Gasteiger partial charge < -0.3 is 15.5 Å². The van der Waals surface area contributed by atoms with E-state index < -0.39 is 11.9 Å². The van der Waals surface area contributed by atoms with Crippen molar-refractivity contribution in [1.82, 2.24) is 5.32 Å². The zero-order valence-electron chi connectivity index (χ0n) is 11.2. The first-order valence-electron chi connectivity index (χ1n) is 6.38. The molecule has 0 fully saturated rings. The first-order valence-corrected chi connectivity index (χ1v) is 6.38. The van der Waals surface area contributed by atoms with E-state index in [1.807, 2.05) is 37.3 Å². The standard InChI is InChI=1S/C16H17NO3/c1-11-7-8-13(15(19)9-11)16(20)17-14(10-18)12-5-3-2-4-6-12/h2-9,14,18-19H,10H2,1H3,(H,17,20). The van der Waals surface area contributed by atoms with Gasteiger partial charge in [-0.05, 0) is 30.2 Å². The number of aliphatic hydroxyl groups is 1. The molecule has 0 aliphatic rings. The van der Waals surface area contributed by atoms with Crippen molar-refractivity contribution in [2.45, 2.75) is 13.0 Å². The Balaban J connectivity index is 2.17. The number of aliphatic hydroxyl groups excluding tert-OH is 1. The highest BCUT2D eigenvalue weighted by Crippen LogP contribution is 2.20. The van der Waals surface area contributed by atoms with Crippen LogP contribution in [0.1, 0.15) is 27.5 Å². The third kappa shape index (κ3) is 3.16. The van der Waals surface area contributed by atoms with E-state index in [1.54, 1.807) is 12.1 Å². The lowest BCUT2D eigenvalue weighted by atomic mass is 10.1. The van der Waals surface area contributed by atoms with Crippen LogP contribution in [0.3, 0.4) is 0 Å². The average molecular weight is 271 g/mol. The van der Waals surface area contributed by atoms with Crippen molar-refractivity contribution in [3.63, 3.8) is 0 Å². The number of carbonyl (C=O) groups excluding carboxylic acids is 1. The van der Waals surface area contributed by atoms with E-state index in [-0.39, 0.29) is 17.9 Å². The second kappa shape index (κ2) is 6.21. The van der Waals surface area contributed by atoms with Crippen LogP contribution >= 0.6 is 0 Å². The molecule has 0 saturated heterocycles. The quantitative estimate of drug-likeness (QED) is 0.798. The molecule has 2 aromatic carbocycles. The van der Waals surface area contributed by atoms with Crippen LogP contribution in [-0.2, 0) is 0 Å². The molecule has 2 rings (SSSR count). The number of carbonyl (C=O) groups is 1. The number of hydrogen-bond donors (Lipinski definition) is 3. The van der Waals surface area contributed by atoms with Gasteiger partial charge in [0.2, 0.25) is 0 Å². The van der Waals surface area contributed by atoms with E-state index >= 15 is 0 Å². The number of nitrogens with one attached hydrogen (secondary N) is 1. The number of aromatic hydroxyl groups is 1. The number of phenols is 1. The van der Waals surface area contributed by atoms with Crippen LogP contribution in [0.4, 0.5) is 0 Å². The van der Waals surface area contributed by atoms with Gasteiger partial charge in [-0.2, -0.15) is 0 Å². The number of aryl methyl sites for hydroxylation is 1. The molecule has 0 radical (unpaired) electrons. The molecule has 0 heterocycles. The molecule has 104 valence electrons. The van der Waals surface area contributed by atoms with E-state index in [4.69, 9.17) is 0 Å². The molecule has 0 saturated carbocycles. The minimum atomic E-state index is -0.496. The maximum absolute atomic E-state index is 12.1. The van der Waals surface area contributed by atoms with Crippen molar-refractivity contribution < 1.29 is 15.0 Å². The first-order chi connectivity index (χ1) is 9.61. The lowest BCUT2D eigenvalue weighted by Crippen LogP contribution is -2.30. The van der Waals surface area contributed by atoms with Crippen molar-refractivity contribution in [3.8, 4) is 5.75 Å². The molecule has 0 bridgehead atoms. The molecule has 20 heavy (non-hydrogen) atoms. The maximum Gasteiger partial charge on any atom is 0.255 e. The Kier molecular flexibility index (Phi) is 4.38. The Labute approximate surface area is 117 Å². The highest BCUT2D eigenvalue weighted by Gasteiger charge is 2.17. The van der Waals surface area contributed by atoms with Crippen molar-refractivity contribution in [2.24, 2.45) is 0 Å². The van der Waals surface area contributed by atoms with Gasteiger partial charge >= 0.3 is 0 Å². The summed E-state index contributed by atoms with van der Waals surface area (Å²) in [7, 11) is 0. The highest BCUT2D eigenvalue weighted by molar-refractivity contribution is 5.97. The van der Waals surface area contributed by atoms with Crippen molar-refractivity contribution in [3.05, 3.63) is 65.2 Å². The SMILES string of the molecule is Cc1ccc(C(=O)NC(CO)c2ccccc2)c(O)c1. The van der Waals surface area contributed by atoms with Gasteiger partial charge in [0, 0.05) is 0 Å². The van der Waals surface area contributed by atoms with Crippen LogP contribution in [0, 0.1) is 6.92 Å². The Morgan fingerprint density at radius 3 is 2.50 bits per heavy atom. The predicted molar refractivity (Wildman–Crippen MR) is 76.6 cm³/mol. The van der Waals surface area contributed by atoms with Gasteiger partial charge in [-0.3, -0.25) is 4.79 Å². The molecule has 0 aromatic heterocycles. The largest absolute Gasteiger partial charge is 0.507 e. The summed E-state index contributed by atoms with van der Waals surface area (Å²) in [5.74, 6) is -0.474. The fourth-order valence-electron chi connectivity index (χ4n) is 1.99. The van der Waals surface area contributed by atoms with Crippen molar-refractivity contribution >= 4 is 5.91 Å². The lowest BCUT2D eigenvalue weighted by molar-refractivity contribution is 0.0913. The number of amides is 1. The molecule has 2 aromatic rings. The molecule has 0 aliphatic heterocycles. The fourth-order valence-corrected chi connectivity index (χ4v) is 1.99. The summed E-state index contributed by atoms with van der Waals surface area (Å²) < 4.78 is 0. The van der Waals surface area contributed by atoms with E-state index in [0.717, 1.165) is 11.1 Å². The van der Waals surface area contributed by atoms with Crippen LogP contribution < -0.4 is 5.32 Å². The van der Waals surface area contributed by atoms with Crippen molar-refractivity contribution in [2.75, 3.05) is 6.61 Å². The normalized spacial score (nSPS) is 11.9. The summed E-state index contributed by atoms with van der Waals surface area (Å²) in [4.78, 5) is 12.1. The Hall–Kier alpha value is -2.33. The summed E-state index contributed by atoms with van der Waals surface area (Å²) in [6, 6.07) is 13.6. The molecule has 1 unspecified atom stereocenters. The second-order valence-corrected chi connectivity index (χ2v) is 4.64. The Morgan fingerprint density at radius 2 is 1.90 bits per heavy atom. The second-order valence-electron chi connectivity index (χ2n) is 4.64. The average Bonchev–Trinajstić information content (AvgIpc) is 2.45. The van der Waals surface area contributed by atoms with Crippen LogP contribution in [0.25, 0.3) is 0 Å². The Morgan fingerprint density at radius 1 is 1.20 bits per heavy atom. The molecule has 0 aliphatic carbocycles. The minimum absolute atomic E-state index is 0.0627. The zero-order valence-corrected chi connectivity index (χ0v) is 11.2. The summed E-state index contributed by atoms with van der Waals surface area (Å²) in [6.07, 6.45) is 0. The van der Waals surface area contributed by atoms with Gasteiger partial charge in [0.15, 0.2) is 0 Å². The van der Waals surface area contributed by atoms with E-state index in [2.05, 4.69) is 5.32 Å². The molecule has 3 N–H and O–H groups in total. The Bertz CT molecular complexity index is 596. The summed E-state index contributed by atoms with van der Waals surface area (Å²) in [6.45, 7) is 1.63. The molecule has 4 heteroatoms. The minimum Gasteiger partial charge on any atom is -0.507 e. The monoisotopic (exact) mass is 271 g/mol. The lowest BCUT2D eigenvalue weighted by Gasteiger charge is -2.17. The first kappa shape index (κ1) is 14.1. The van der Waals surface area contributed by atoms with Gasteiger partial charge in [0.05, 0.1) is 18.2 Å². The fraction of sp³-hybridized carbons (Fsp3) is 0.188. The van der Waals surface area contributed by atoms with Gasteiger partial charge in [-0.1, -0.05) is 36.4 Å².